The van der Waals surface area contributed by atoms with Gasteiger partial charge in [-0.2, -0.15) is 0 Å². The van der Waals surface area contributed by atoms with Crippen molar-refractivity contribution in [2.75, 3.05) is 19.6 Å². The van der Waals surface area contributed by atoms with E-state index in [0.717, 1.165) is 25.0 Å². The average Bonchev–Trinajstić information content (AvgIpc) is 3.05. The maximum absolute atomic E-state index is 12.1. The van der Waals surface area contributed by atoms with E-state index in [4.69, 9.17) is 0 Å². The van der Waals surface area contributed by atoms with Crippen molar-refractivity contribution in [3.63, 3.8) is 0 Å². The molecular formula is C16H21N3O. The van der Waals surface area contributed by atoms with Crippen LogP contribution >= 0.6 is 0 Å². The SMILES string of the molecule is C[C@@H]1CNC[C@H]1C(=O)NCCc1c[nH]c2ccccc12. The van der Waals surface area contributed by atoms with Gasteiger partial charge < -0.3 is 15.6 Å². The monoisotopic (exact) mass is 271 g/mol. The number of H-pyrrole nitrogens is 1. The van der Waals surface area contributed by atoms with Gasteiger partial charge in [0.1, 0.15) is 0 Å². The predicted molar refractivity (Wildman–Crippen MR) is 80.5 cm³/mol. The first-order valence-corrected chi connectivity index (χ1v) is 7.29. The molecule has 0 saturated carbocycles. The number of fused-ring (bicyclic) bond motifs is 1. The Balaban J connectivity index is 1.56. The second kappa shape index (κ2) is 5.67. The molecule has 1 aliphatic heterocycles. The second-order valence-corrected chi connectivity index (χ2v) is 5.64. The number of aromatic amines is 1. The summed E-state index contributed by atoms with van der Waals surface area (Å²) in [5.74, 6) is 0.739. The first kappa shape index (κ1) is 13.2. The topological polar surface area (TPSA) is 56.9 Å². The van der Waals surface area contributed by atoms with Crippen LogP contribution in [0.15, 0.2) is 30.5 Å². The third-order valence-electron chi connectivity index (χ3n) is 4.22. The van der Waals surface area contributed by atoms with Gasteiger partial charge in [-0.05, 0) is 30.5 Å². The number of aromatic nitrogens is 1. The molecule has 4 heteroatoms. The highest BCUT2D eigenvalue weighted by atomic mass is 16.1. The molecule has 0 aliphatic carbocycles. The maximum Gasteiger partial charge on any atom is 0.224 e. The third-order valence-corrected chi connectivity index (χ3v) is 4.22. The van der Waals surface area contributed by atoms with E-state index in [1.807, 2.05) is 18.3 Å². The smallest absolute Gasteiger partial charge is 0.224 e. The Kier molecular flexibility index (Phi) is 3.74. The molecule has 1 fully saturated rings. The zero-order chi connectivity index (χ0) is 13.9. The minimum atomic E-state index is 0.123. The summed E-state index contributed by atoms with van der Waals surface area (Å²) in [5.41, 5.74) is 2.42. The van der Waals surface area contributed by atoms with Gasteiger partial charge in [0, 0.05) is 30.2 Å². The van der Waals surface area contributed by atoms with Gasteiger partial charge in [-0.15, -0.1) is 0 Å². The lowest BCUT2D eigenvalue weighted by Gasteiger charge is -2.13. The van der Waals surface area contributed by atoms with Gasteiger partial charge in [-0.1, -0.05) is 25.1 Å². The van der Waals surface area contributed by atoms with Crippen LogP contribution in [0.25, 0.3) is 10.9 Å². The molecule has 1 saturated heterocycles. The fourth-order valence-corrected chi connectivity index (χ4v) is 2.95. The van der Waals surface area contributed by atoms with Gasteiger partial charge in [0.05, 0.1) is 5.92 Å². The number of hydrogen-bond donors (Lipinski definition) is 3. The van der Waals surface area contributed by atoms with E-state index in [0.29, 0.717) is 12.5 Å². The molecule has 1 aromatic carbocycles. The molecule has 0 bridgehead atoms. The molecule has 1 aromatic heterocycles. The number of benzene rings is 1. The summed E-state index contributed by atoms with van der Waals surface area (Å²) in [6.45, 7) is 4.58. The fourth-order valence-electron chi connectivity index (χ4n) is 2.95. The number of rotatable bonds is 4. The molecule has 3 N–H and O–H groups in total. The molecule has 2 aromatic rings. The minimum absolute atomic E-state index is 0.123. The number of amides is 1. The second-order valence-electron chi connectivity index (χ2n) is 5.64. The molecule has 0 unspecified atom stereocenters. The summed E-state index contributed by atoms with van der Waals surface area (Å²) in [6.07, 6.45) is 2.90. The first-order chi connectivity index (χ1) is 9.75. The van der Waals surface area contributed by atoms with Crippen LogP contribution in [0.1, 0.15) is 12.5 Å². The predicted octanol–water partition coefficient (Wildman–Crippen LogP) is 1.68. The Labute approximate surface area is 118 Å². The van der Waals surface area contributed by atoms with Gasteiger partial charge in [0.15, 0.2) is 0 Å². The molecule has 1 aliphatic rings. The van der Waals surface area contributed by atoms with E-state index in [-0.39, 0.29) is 11.8 Å². The summed E-state index contributed by atoms with van der Waals surface area (Å²) >= 11 is 0. The summed E-state index contributed by atoms with van der Waals surface area (Å²) in [5, 5.41) is 7.58. The molecule has 1 amide bonds. The number of nitrogens with one attached hydrogen (secondary N) is 3. The Morgan fingerprint density at radius 3 is 3.00 bits per heavy atom. The molecule has 3 rings (SSSR count). The van der Waals surface area contributed by atoms with Crippen molar-refractivity contribution >= 4 is 16.8 Å². The van der Waals surface area contributed by atoms with Crippen LogP contribution in [0.4, 0.5) is 0 Å². The van der Waals surface area contributed by atoms with Crippen LogP contribution < -0.4 is 10.6 Å². The first-order valence-electron chi connectivity index (χ1n) is 7.29. The van der Waals surface area contributed by atoms with Crippen LogP contribution in [0.5, 0.6) is 0 Å². The zero-order valence-electron chi connectivity index (χ0n) is 11.8. The molecule has 0 radical (unpaired) electrons. The Bertz CT molecular complexity index is 605. The third kappa shape index (κ3) is 2.56. The van der Waals surface area contributed by atoms with E-state index in [1.54, 1.807) is 0 Å². The van der Waals surface area contributed by atoms with Crippen LogP contribution in [0.2, 0.25) is 0 Å². The summed E-state index contributed by atoms with van der Waals surface area (Å²) in [4.78, 5) is 15.4. The molecule has 4 nitrogen and oxygen atoms in total. The van der Waals surface area contributed by atoms with Crippen molar-refractivity contribution in [2.45, 2.75) is 13.3 Å². The summed E-state index contributed by atoms with van der Waals surface area (Å²) in [6, 6.07) is 8.26. The van der Waals surface area contributed by atoms with Crippen LogP contribution in [-0.2, 0) is 11.2 Å². The van der Waals surface area contributed by atoms with E-state index in [9.17, 15) is 4.79 Å². The maximum atomic E-state index is 12.1. The average molecular weight is 271 g/mol. The van der Waals surface area contributed by atoms with Crippen molar-refractivity contribution < 1.29 is 4.79 Å². The van der Waals surface area contributed by atoms with E-state index >= 15 is 0 Å². The lowest BCUT2D eigenvalue weighted by atomic mass is 9.97. The normalized spacial score (nSPS) is 22.2. The standard InChI is InChI=1S/C16H21N3O/c1-11-8-17-10-14(11)16(20)18-7-6-12-9-19-15-5-3-2-4-13(12)15/h2-5,9,11,14,17,19H,6-8,10H2,1H3,(H,18,20)/t11-,14-/m1/s1. The highest BCUT2D eigenvalue weighted by molar-refractivity contribution is 5.83. The van der Waals surface area contributed by atoms with Crippen LogP contribution in [0.3, 0.4) is 0 Å². The number of carbonyl (C=O) groups is 1. The lowest BCUT2D eigenvalue weighted by Crippen LogP contribution is -2.35. The molecule has 0 spiro atoms. The Morgan fingerprint density at radius 2 is 2.20 bits per heavy atom. The number of para-hydroxylation sites is 1. The van der Waals surface area contributed by atoms with Gasteiger partial charge in [0.2, 0.25) is 5.91 Å². The largest absolute Gasteiger partial charge is 0.361 e. The number of hydrogen-bond acceptors (Lipinski definition) is 2. The van der Waals surface area contributed by atoms with Gasteiger partial charge >= 0.3 is 0 Å². The molecule has 2 heterocycles. The van der Waals surface area contributed by atoms with Crippen LogP contribution in [-0.4, -0.2) is 30.5 Å². The van der Waals surface area contributed by atoms with Crippen LogP contribution in [0, 0.1) is 11.8 Å². The summed E-state index contributed by atoms with van der Waals surface area (Å²) in [7, 11) is 0. The molecule has 106 valence electrons. The van der Waals surface area contributed by atoms with E-state index in [2.05, 4.69) is 34.7 Å². The molecule has 20 heavy (non-hydrogen) atoms. The number of carbonyl (C=O) groups excluding carboxylic acids is 1. The minimum Gasteiger partial charge on any atom is -0.361 e. The summed E-state index contributed by atoms with van der Waals surface area (Å²) < 4.78 is 0. The van der Waals surface area contributed by atoms with Gasteiger partial charge in [-0.25, -0.2) is 0 Å². The zero-order valence-corrected chi connectivity index (χ0v) is 11.8. The van der Waals surface area contributed by atoms with Crippen molar-refractivity contribution in [3.8, 4) is 0 Å². The quantitative estimate of drug-likeness (QED) is 0.792. The molecular weight excluding hydrogens is 250 g/mol. The Morgan fingerprint density at radius 1 is 1.35 bits per heavy atom. The van der Waals surface area contributed by atoms with E-state index < -0.39 is 0 Å². The van der Waals surface area contributed by atoms with Crippen molar-refractivity contribution in [3.05, 3.63) is 36.0 Å². The van der Waals surface area contributed by atoms with Crippen molar-refractivity contribution in [2.24, 2.45) is 11.8 Å². The van der Waals surface area contributed by atoms with Crippen molar-refractivity contribution in [1.29, 1.82) is 0 Å². The highest BCUT2D eigenvalue weighted by Crippen LogP contribution is 2.18. The van der Waals surface area contributed by atoms with Crippen molar-refractivity contribution in [1.82, 2.24) is 15.6 Å². The highest BCUT2D eigenvalue weighted by Gasteiger charge is 2.29. The fraction of sp³-hybridized carbons (Fsp3) is 0.438. The Hall–Kier alpha value is -1.81. The lowest BCUT2D eigenvalue weighted by molar-refractivity contribution is -0.125. The van der Waals surface area contributed by atoms with Gasteiger partial charge in [-0.3, -0.25) is 4.79 Å². The van der Waals surface area contributed by atoms with E-state index in [1.165, 1.54) is 10.9 Å². The van der Waals surface area contributed by atoms with Gasteiger partial charge in [0.25, 0.3) is 0 Å². The molecule has 2 atom stereocenters.